The molecule has 1 aliphatic rings. The number of rotatable bonds is 4. The van der Waals surface area contributed by atoms with E-state index >= 15 is 0 Å². The summed E-state index contributed by atoms with van der Waals surface area (Å²) in [6.07, 6.45) is 6.54. The molecule has 0 saturated heterocycles. The first-order valence-corrected chi connectivity index (χ1v) is 7.26. The van der Waals surface area contributed by atoms with E-state index in [1.54, 1.807) is 0 Å². The Kier molecular flexibility index (Phi) is 4.97. The van der Waals surface area contributed by atoms with Gasteiger partial charge in [0.15, 0.2) is 0 Å². The highest BCUT2D eigenvalue weighted by Crippen LogP contribution is 2.17. The van der Waals surface area contributed by atoms with Crippen molar-refractivity contribution >= 4 is 5.91 Å². The lowest BCUT2D eigenvalue weighted by Gasteiger charge is -2.24. The molecule has 1 atom stereocenters. The summed E-state index contributed by atoms with van der Waals surface area (Å²) in [5, 5.41) is 3.09. The van der Waals surface area contributed by atoms with Crippen molar-refractivity contribution in [3.05, 3.63) is 35.4 Å². The predicted molar refractivity (Wildman–Crippen MR) is 77.9 cm³/mol. The topological polar surface area (TPSA) is 55.1 Å². The molecule has 1 aromatic rings. The van der Waals surface area contributed by atoms with Crippen molar-refractivity contribution in [2.24, 2.45) is 5.73 Å². The maximum absolute atomic E-state index is 12.0. The van der Waals surface area contributed by atoms with E-state index in [0.717, 1.165) is 18.4 Å². The van der Waals surface area contributed by atoms with Gasteiger partial charge in [-0.25, -0.2) is 0 Å². The number of nitrogens with one attached hydrogen (secondary N) is 1. The third kappa shape index (κ3) is 4.35. The Hall–Kier alpha value is -1.35. The number of aryl methyl sites for hydroxylation is 1. The van der Waals surface area contributed by atoms with E-state index in [1.165, 1.54) is 24.8 Å². The second-order valence-corrected chi connectivity index (χ2v) is 5.64. The SMILES string of the molecule is Cc1ccc(C[C@H](N)C(=O)NC2CCCCC2)cc1. The number of carbonyl (C=O) groups is 1. The van der Waals surface area contributed by atoms with Gasteiger partial charge < -0.3 is 11.1 Å². The summed E-state index contributed by atoms with van der Waals surface area (Å²) in [7, 11) is 0. The molecule has 0 heterocycles. The van der Waals surface area contributed by atoms with Gasteiger partial charge in [0, 0.05) is 6.04 Å². The van der Waals surface area contributed by atoms with E-state index in [2.05, 4.69) is 24.4 Å². The molecule has 3 N–H and O–H groups in total. The molecular weight excluding hydrogens is 236 g/mol. The Morgan fingerprint density at radius 2 is 1.89 bits per heavy atom. The van der Waals surface area contributed by atoms with Crippen molar-refractivity contribution in [1.29, 1.82) is 0 Å². The molecule has 0 unspecified atom stereocenters. The standard InChI is InChI=1S/C16H24N2O/c1-12-7-9-13(10-8-12)11-15(17)16(19)18-14-5-3-2-4-6-14/h7-10,14-15H,2-6,11,17H2,1H3,(H,18,19)/t15-/m0/s1. The van der Waals surface area contributed by atoms with E-state index in [1.807, 2.05) is 12.1 Å². The summed E-state index contributed by atoms with van der Waals surface area (Å²) in [4.78, 5) is 12.0. The van der Waals surface area contributed by atoms with Gasteiger partial charge >= 0.3 is 0 Å². The van der Waals surface area contributed by atoms with E-state index in [0.29, 0.717) is 12.5 Å². The summed E-state index contributed by atoms with van der Waals surface area (Å²) in [5.74, 6) is -0.00697. The van der Waals surface area contributed by atoms with Crippen LogP contribution < -0.4 is 11.1 Å². The quantitative estimate of drug-likeness (QED) is 0.873. The summed E-state index contributed by atoms with van der Waals surface area (Å²) in [6, 6.07) is 8.10. The highest BCUT2D eigenvalue weighted by molar-refractivity contribution is 5.82. The van der Waals surface area contributed by atoms with Crippen LogP contribution in [0.3, 0.4) is 0 Å². The van der Waals surface area contributed by atoms with E-state index in [9.17, 15) is 4.79 Å². The fourth-order valence-electron chi connectivity index (χ4n) is 2.63. The number of hydrogen-bond acceptors (Lipinski definition) is 2. The van der Waals surface area contributed by atoms with Crippen LogP contribution in [0.1, 0.15) is 43.2 Å². The fraction of sp³-hybridized carbons (Fsp3) is 0.562. The van der Waals surface area contributed by atoms with Crippen LogP contribution in [0.4, 0.5) is 0 Å². The zero-order valence-electron chi connectivity index (χ0n) is 11.7. The van der Waals surface area contributed by atoms with Crippen molar-refractivity contribution in [3.8, 4) is 0 Å². The first kappa shape index (κ1) is 14.1. The molecule has 0 aromatic heterocycles. The van der Waals surface area contributed by atoms with Crippen LogP contribution in [0.2, 0.25) is 0 Å². The van der Waals surface area contributed by atoms with E-state index in [4.69, 9.17) is 5.73 Å². The summed E-state index contributed by atoms with van der Waals surface area (Å²) >= 11 is 0. The molecule has 2 rings (SSSR count). The maximum atomic E-state index is 12.0. The second kappa shape index (κ2) is 6.71. The zero-order chi connectivity index (χ0) is 13.7. The van der Waals surface area contributed by atoms with E-state index in [-0.39, 0.29) is 5.91 Å². The molecule has 1 amide bonds. The number of nitrogens with two attached hydrogens (primary N) is 1. The van der Waals surface area contributed by atoms with Crippen molar-refractivity contribution in [2.75, 3.05) is 0 Å². The van der Waals surface area contributed by atoms with Gasteiger partial charge in [-0.1, -0.05) is 49.1 Å². The van der Waals surface area contributed by atoms with Gasteiger partial charge in [-0.05, 0) is 31.7 Å². The van der Waals surface area contributed by atoms with Gasteiger partial charge in [-0.3, -0.25) is 4.79 Å². The molecule has 1 aromatic carbocycles. The van der Waals surface area contributed by atoms with Crippen molar-refractivity contribution in [3.63, 3.8) is 0 Å². The Labute approximate surface area is 115 Å². The molecule has 1 saturated carbocycles. The molecule has 1 aliphatic carbocycles. The summed E-state index contributed by atoms with van der Waals surface area (Å²) < 4.78 is 0. The highest BCUT2D eigenvalue weighted by Gasteiger charge is 2.19. The Morgan fingerprint density at radius 3 is 2.53 bits per heavy atom. The molecule has 0 spiro atoms. The Balaban J connectivity index is 1.83. The Morgan fingerprint density at radius 1 is 1.26 bits per heavy atom. The minimum Gasteiger partial charge on any atom is -0.352 e. The normalized spacial score (nSPS) is 18.0. The van der Waals surface area contributed by atoms with Crippen LogP contribution in [0.25, 0.3) is 0 Å². The van der Waals surface area contributed by atoms with E-state index < -0.39 is 6.04 Å². The highest BCUT2D eigenvalue weighted by atomic mass is 16.2. The molecule has 0 radical (unpaired) electrons. The van der Waals surface area contributed by atoms with Gasteiger partial charge in [-0.15, -0.1) is 0 Å². The zero-order valence-corrected chi connectivity index (χ0v) is 11.7. The average molecular weight is 260 g/mol. The van der Waals surface area contributed by atoms with Gasteiger partial charge in [0.05, 0.1) is 6.04 Å². The minimum atomic E-state index is -0.440. The van der Waals surface area contributed by atoms with Crippen LogP contribution in [-0.4, -0.2) is 18.0 Å². The van der Waals surface area contributed by atoms with Gasteiger partial charge in [0.1, 0.15) is 0 Å². The van der Waals surface area contributed by atoms with Gasteiger partial charge in [-0.2, -0.15) is 0 Å². The van der Waals surface area contributed by atoms with Crippen molar-refractivity contribution in [2.45, 2.75) is 57.5 Å². The lowest BCUT2D eigenvalue weighted by Crippen LogP contribution is -2.46. The molecule has 0 aliphatic heterocycles. The predicted octanol–water partition coefficient (Wildman–Crippen LogP) is 2.31. The lowest BCUT2D eigenvalue weighted by molar-refractivity contribution is -0.123. The molecule has 3 heteroatoms. The van der Waals surface area contributed by atoms with Crippen molar-refractivity contribution < 1.29 is 4.79 Å². The number of carbonyl (C=O) groups excluding carboxylic acids is 1. The van der Waals surface area contributed by atoms with Crippen LogP contribution in [0, 0.1) is 6.92 Å². The fourth-order valence-corrected chi connectivity index (χ4v) is 2.63. The summed E-state index contributed by atoms with van der Waals surface area (Å²) in [6.45, 7) is 2.06. The molecule has 104 valence electrons. The first-order valence-electron chi connectivity index (χ1n) is 7.26. The van der Waals surface area contributed by atoms with Crippen LogP contribution >= 0.6 is 0 Å². The molecular formula is C16H24N2O. The second-order valence-electron chi connectivity index (χ2n) is 5.64. The number of hydrogen-bond donors (Lipinski definition) is 2. The maximum Gasteiger partial charge on any atom is 0.237 e. The molecule has 0 bridgehead atoms. The van der Waals surface area contributed by atoms with Gasteiger partial charge in [0.25, 0.3) is 0 Å². The van der Waals surface area contributed by atoms with Crippen LogP contribution in [0.15, 0.2) is 24.3 Å². The minimum absolute atomic E-state index is 0.00697. The first-order chi connectivity index (χ1) is 9.15. The third-order valence-corrected chi connectivity index (χ3v) is 3.86. The Bertz CT molecular complexity index is 407. The molecule has 19 heavy (non-hydrogen) atoms. The number of amides is 1. The number of benzene rings is 1. The van der Waals surface area contributed by atoms with Gasteiger partial charge in [0.2, 0.25) is 5.91 Å². The monoisotopic (exact) mass is 260 g/mol. The van der Waals surface area contributed by atoms with Crippen LogP contribution in [0.5, 0.6) is 0 Å². The summed E-state index contributed by atoms with van der Waals surface area (Å²) in [5.41, 5.74) is 8.34. The van der Waals surface area contributed by atoms with Crippen LogP contribution in [-0.2, 0) is 11.2 Å². The lowest BCUT2D eigenvalue weighted by atomic mass is 9.95. The average Bonchev–Trinajstić information content (AvgIpc) is 2.42. The molecule has 1 fully saturated rings. The van der Waals surface area contributed by atoms with Crippen molar-refractivity contribution in [1.82, 2.24) is 5.32 Å². The molecule has 3 nitrogen and oxygen atoms in total. The largest absolute Gasteiger partial charge is 0.352 e. The smallest absolute Gasteiger partial charge is 0.237 e. The third-order valence-electron chi connectivity index (χ3n) is 3.86.